The summed E-state index contributed by atoms with van der Waals surface area (Å²) in [5.74, 6) is -1.79. The number of nitrogens with one attached hydrogen (secondary N) is 1. The van der Waals surface area contributed by atoms with Crippen LogP contribution >= 0.6 is 11.6 Å². The normalized spacial score (nSPS) is 12.4. The van der Waals surface area contributed by atoms with Crippen LogP contribution in [-0.2, 0) is 6.42 Å². The second-order valence-electron chi connectivity index (χ2n) is 4.65. The Kier molecular flexibility index (Phi) is 5.26. The van der Waals surface area contributed by atoms with E-state index in [2.05, 4.69) is 5.32 Å². The predicted octanol–water partition coefficient (Wildman–Crippen LogP) is 4.65. The van der Waals surface area contributed by atoms with Gasteiger partial charge in [0, 0.05) is 22.2 Å². The minimum Gasteiger partial charge on any atom is -0.310 e. The lowest BCUT2D eigenvalue weighted by Gasteiger charge is -2.21. The van der Waals surface area contributed by atoms with Gasteiger partial charge in [-0.2, -0.15) is 0 Å². The maximum absolute atomic E-state index is 14.0. The van der Waals surface area contributed by atoms with Crippen LogP contribution in [0.5, 0.6) is 0 Å². The molecule has 1 atom stereocenters. The standard InChI is InChI=1S/C16H15ClF3N/c1-2-21-15(16-11(17)5-3-8-14(16)20)9-10-12(18)6-4-7-13(10)19/h3-8,15,21H,2,9H2,1H3. The van der Waals surface area contributed by atoms with Gasteiger partial charge in [-0.25, -0.2) is 13.2 Å². The Morgan fingerprint density at radius 2 is 1.57 bits per heavy atom. The van der Waals surface area contributed by atoms with Crippen LogP contribution in [0, 0.1) is 17.5 Å². The molecule has 21 heavy (non-hydrogen) atoms. The molecule has 1 N–H and O–H groups in total. The second-order valence-corrected chi connectivity index (χ2v) is 5.06. The van der Waals surface area contributed by atoms with Gasteiger partial charge in [-0.1, -0.05) is 30.7 Å². The van der Waals surface area contributed by atoms with Gasteiger partial charge in [0.15, 0.2) is 0 Å². The zero-order valence-corrected chi connectivity index (χ0v) is 12.2. The fourth-order valence-electron chi connectivity index (χ4n) is 2.30. The lowest BCUT2D eigenvalue weighted by molar-refractivity contribution is 0.480. The highest BCUT2D eigenvalue weighted by Crippen LogP contribution is 2.29. The molecule has 0 fully saturated rings. The molecule has 0 bridgehead atoms. The van der Waals surface area contributed by atoms with Crippen LogP contribution in [0.15, 0.2) is 36.4 Å². The van der Waals surface area contributed by atoms with E-state index in [9.17, 15) is 13.2 Å². The summed E-state index contributed by atoms with van der Waals surface area (Å²) in [5, 5.41) is 3.26. The van der Waals surface area contributed by atoms with E-state index in [1.807, 2.05) is 6.92 Å². The van der Waals surface area contributed by atoms with E-state index in [0.717, 1.165) is 0 Å². The zero-order chi connectivity index (χ0) is 15.4. The summed E-state index contributed by atoms with van der Waals surface area (Å²) in [7, 11) is 0. The first-order valence-corrected chi connectivity index (χ1v) is 7.02. The lowest BCUT2D eigenvalue weighted by Crippen LogP contribution is -2.25. The van der Waals surface area contributed by atoms with Crippen LogP contribution in [0.25, 0.3) is 0 Å². The highest BCUT2D eigenvalue weighted by Gasteiger charge is 2.21. The summed E-state index contributed by atoms with van der Waals surface area (Å²) < 4.78 is 41.6. The first-order chi connectivity index (χ1) is 10.0. The van der Waals surface area contributed by atoms with Crippen LogP contribution in [-0.4, -0.2) is 6.54 Å². The van der Waals surface area contributed by atoms with Crippen molar-refractivity contribution in [3.63, 3.8) is 0 Å². The van der Waals surface area contributed by atoms with E-state index in [1.54, 1.807) is 6.07 Å². The Labute approximate surface area is 126 Å². The van der Waals surface area contributed by atoms with Gasteiger partial charge in [0.25, 0.3) is 0 Å². The van der Waals surface area contributed by atoms with Crippen molar-refractivity contribution in [2.45, 2.75) is 19.4 Å². The Balaban J connectivity index is 2.41. The van der Waals surface area contributed by atoms with Crippen LogP contribution in [0.2, 0.25) is 5.02 Å². The predicted molar refractivity (Wildman–Crippen MR) is 77.9 cm³/mol. The molecular formula is C16H15ClF3N. The Bertz CT molecular complexity index is 590. The number of rotatable bonds is 5. The quantitative estimate of drug-likeness (QED) is 0.847. The van der Waals surface area contributed by atoms with Gasteiger partial charge >= 0.3 is 0 Å². The fraction of sp³-hybridized carbons (Fsp3) is 0.250. The van der Waals surface area contributed by atoms with Crippen molar-refractivity contribution in [1.29, 1.82) is 0 Å². The van der Waals surface area contributed by atoms with Gasteiger partial charge in [-0.3, -0.25) is 0 Å². The lowest BCUT2D eigenvalue weighted by atomic mass is 9.97. The first kappa shape index (κ1) is 15.9. The van der Waals surface area contributed by atoms with E-state index in [0.29, 0.717) is 6.54 Å². The Morgan fingerprint density at radius 3 is 2.14 bits per heavy atom. The third-order valence-corrected chi connectivity index (χ3v) is 3.60. The summed E-state index contributed by atoms with van der Waals surface area (Å²) >= 11 is 6.04. The van der Waals surface area contributed by atoms with Crippen LogP contribution in [0.3, 0.4) is 0 Å². The molecule has 0 aliphatic rings. The molecule has 0 heterocycles. The molecule has 0 aliphatic carbocycles. The summed E-state index contributed by atoms with van der Waals surface area (Å²) in [5.41, 5.74) is 0.145. The third-order valence-electron chi connectivity index (χ3n) is 3.27. The summed E-state index contributed by atoms with van der Waals surface area (Å²) in [6, 6.07) is 7.40. The van der Waals surface area contributed by atoms with Crippen LogP contribution in [0.1, 0.15) is 24.1 Å². The van der Waals surface area contributed by atoms with Crippen molar-refractivity contribution in [3.05, 3.63) is 70.0 Å². The molecule has 0 saturated carbocycles. The molecule has 112 valence electrons. The molecule has 0 saturated heterocycles. The molecule has 1 nitrogen and oxygen atoms in total. The van der Waals surface area contributed by atoms with Crippen molar-refractivity contribution in [3.8, 4) is 0 Å². The number of halogens is 4. The second kappa shape index (κ2) is 6.96. The third kappa shape index (κ3) is 3.57. The fourth-order valence-corrected chi connectivity index (χ4v) is 2.59. The van der Waals surface area contributed by atoms with E-state index >= 15 is 0 Å². The molecule has 2 rings (SSSR count). The van der Waals surface area contributed by atoms with E-state index in [1.165, 1.54) is 30.3 Å². The van der Waals surface area contributed by atoms with Crippen molar-refractivity contribution in [2.75, 3.05) is 6.54 Å². The molecule has 1 unspecified atom stereocenters. The van der Waals surface area contributed by atoms with Crippen LogP contribution in [0.4, 0.5) is 13.2 Å². The van der Waals surface area contributed by atoms with Crippen molar-refractivity contribution >= 4 is 11.6 Å². The summed E-state index contributed by atoms with van der Waals surface area (Å²) in [6.07, 6.45) is -0.0208. The molecule has 5 heteroatoms. The van der Waals surface area contributed by atoms with Crippen LogP contribution < -0.4 is 5.32 Å². The molecule has 0 spiro atoms. The van der Waals surface area contributed by atoms with Gasteiger partial charge < -0.3 is 5.32 Å². The maximum Gasteiger partial charge on any atom is 0.129 e. The van der Waals surface area contributed by atoms with Gasteiger partial charge in [0.05, 0.1) is 0 Å². The zero-order valence-electron chi connectivity index (χ0n) is 11.5. The van der Waals surface area contributed by atoms with E-state index in [-0.39, 0.29) is 22.6 Å². The molecule has 0 aliphatic heterocycles. The van der Waals surface area contributed by atoms with Gasteiger partial charge in [-0.05, 0) is 37.2 Å². The minimum atomic E-state index is -0.648. The average Bonchev–Trinajstić information content (AvgIpc) is 2.42. The molecule has 0 amide bonds. The highest BCUT2D eigenvalue weighted by molar-refractivity contribution is 6.31. The number of hydrogen-bond donors (Lipinski definition) is 1. The smallest absolute Gasteiger partial charge is 0.129 e. The molecular weight excluding hydrogens is 299 g/mol. The number of likely N-dealkylation sites (N-methyl/N-ethyl adjacent to an activating group) is 1. The van der Waals surface area contributed by atoms with Gasteiger partial charge in [0.1, 0.15) is 17.5 Å². The summed E-state index contributed by atoms with van der Waals surface area (Å²) in [6.45, 7) is 2.35. The SMILES string of the molecule is CCNC(Cc1c(F)cccc1F)c1c(F)cccc1Cl. The van der Waals surface area contributed by atoms with Gasteiger partial charge in [-0.15, -0.1) is 0 Å². The maximum atomic E-state index is 14.0. The number of benzene rings is 2. The van der Waals surface area contributed by atoms with Crippen molar-refractivity contribution in [2.24, 2.45) is 0 Å². The monoisotopic (exact) mass is 313 g/mol. The molecule has 0 radical (unpaired) electrons. The summed E-state index contributed by atoms with van der Waals surface area (Å²) in [4.78, 5) is 0. The Morgan fingerprint density at radius 1 is 1.00 bits per heavy atom. The molecule has 0 aromatic heterocycles. The Hall–Kier alpha value is -1.52. The van der Waals surface area contributed by atoms with Crippen molar-refractivity contribution in [1.82, 2.24) is 5.32 Å². The van der Waals surface area contributed by atoms with E-state index in [4.69, 9.17) is 11.6 Å². The minimum absolute atomic E-state index is 0.0208. The average molecular weight is 314 g/mol. The molecule has 2 aromatic carbocycles. The molecule has 2 aromatic rings. The number of hydrogen-bond acceptors (Lipinski definition) is 1. The first-order valence-electron chi connectivity index (χ1n) is 6.64. The topological polar surface area (TPSA) is 12.0 Å². The largest absolute Gasteiger partial charge is 0.310 e. The van der Waals surface area contributed by atoms with E-state index < -0.39 is 23.5 Å². The highest BCUT2D eigenvalue weighted by atomic mass is 35.5. The van der Waals surface area contributed by atoms with Gasteiger partial charge in [0.2, 0.25) is 0 Å². The van der Waals surface area contributed by atoms with Crippen molar-refractivity contribution < 1.29 is 13.2 Å².